The van der Waals surface area contributed by atoms with Crippen molar-refractivity contribution in [3.8, 4) is 5.75 Å². The van der Waals surface area contributed by atoms with Crippen molar-refractivity contribution in [2.75, 3.05) is 0 Å². The van der Waals surface area contributed by atoms with Crippen LogP contribution in [0.3, 0.4) is 0 Å². The molecule has 106 valence electrons. The zero-order chi connectivity index (χ0) is 14.8. The van der Waals surface area contributed by atoms with Gasteiger partial charge in [-0.05, 0) is 34.7 Å². The zero-order valence-corrected chi connectivity index (χ0v) is 12.4. The van der Waals surface area contributed by atoms with Gasteiger partial charge in [0, 0.05) is 30.4 Å². The van der Waals surface area contributed by atoms with E-state index in [1.807, 2.05) is 24.3 Å². The van der Waals surface area contributed by atoms with Crippen LogP contribution in [0.25, 0.3) is 0 Å². The number of hydrogen-bond acceptors (Lipinski definition) is 3. The summed E-state index contributed by atoms with van der Waals surface area (Å²) in [6, 6.07) is 9.61. The number of phenolic OH excluding ortho intramolecular Hbond substituents is 1. The second-order valence-corrected chi connectivity index (χ2v) is 6.04. The Morgan fingerprint density at radius 2 is 1.85 bits per heavy atom. The van der Waals surface area contributed by atoms with Gasteiger partial charge in [0.15, 0.2) is 0 Å². The van der Waals surface area contributed by atoms with Crippen LogP contribution in [0, 0.1) is 0 Å². The van der Waals surface area contributed by atoms with Gasteiger partial charge in [-0.25, -0.2) is 0 Å². The van der Waals surface area contributed by atoms with E-state index in [9.17, 15) is 5.11 Å². The van der Waals surface area contributed by atoms with E-state index >= 15 is 0 Å². The molecule has 1 heterocycles. The fraction of sp³-hybridized carbons (Fsp3) is 0.353. The molecule has 0 aliphatic carbocycles. The van der Waals surface area contributed by atoms with Crippen molar-refractivity contribution in [3.63, 3.8) is 0 Å². The number of phenols is 1. The molecular weight excluding hydrogens is 248 g/mol. The maximum Gasteiger partial charge on any atom is 0.120 e. The van der Waals surface area contributed by atoms with Gasteiger partial charge in [0.1, 0.15) is 5.75 Å². The molecule has 2 aromatic rings. The van der Waals surface area contributed by atoms with E-state index in [0.717, 1.165) is 16.8 Å². The first-order valence-corrected chi connectivity index (χ1v) is 6.87. The first kappa shape index (κ1) is 14.5. The molecule has 0 radical (unpaired) electrons. The Bertz CT molecular complexity index is 586. The maximum atomic E-state index is 10.1. The molecule has 3 heteroatoms. The molecule has 20 heavy (non-hydrogen) atoms. The van der Waals surface area contributed by atoms with Gasteiger partial charge in [0.25, 0.3) is 0 Å². The number of rotatable bonds is 3. The Labute approximate surface area is 120 Å². The topological polar surface area (TPSA) is 59.1 Å². The smallest absolute Gasteiger partial charge is 0.120 e. The molecule has 2 rings (SSSR count). The predicted octanol–water partition coefficient (Wildman–Crippen LogP) is 3.13. The van der Waals surface area contributed by atoms with Gasteiger partial charge in [-0.15, -0.1) is 0 Å². The third-order valence-corrected chi connectivity index (χ3v) is 3.50. The molecule has 3 nitrogen and oxygen atoms in total. The van der Waals surface area contributed by atoms with Gasteiger partial charge in [-0.1, -0.05) is 32.9 Å². The number of aromatic hydroxyl groups is 1. The third kappa shape index (κ3) is 2.99. The van der Waals surface area contributed by atoms with E-state index in [0.29, 0.717) is 13.0 Å². The van der Waals surface area contributed by atoms with Crippen molar-refractivity contribution in [1.82, 2.24) is 4.98 Å². The van der Waals surface area contributed by atoms with Crippen LogP contribution in [-0.4, -0.2) is 10.1 Å². The summed E-state index contributed by atoms with van der Waals surface area (Å²) in [5, 5.41) is 10.1. The Balaban J connectivity index is 2.56. The van der Waals surface area contributed by atoms with Crippen LogP contribution in [-0.2, 0) is 18.4 Å². The lowest BCUT2D eigenvalue weighted by Crippen LogP contribution is -2.17. The van der Waals surface area contributed by atoms with Gasteiger partial charge < -0.3 is 10.8 Å². The summed E-state index contributed by atoms with van der Waals surface area (Å²) in [7, 11) is 0. The van der Waals surface area contributed by atoms with Crippen molar-refractivity contribution >= 4 is 0 Å². The van der Waals surface area contributed by atoms with E-state index in [1.165, 1.54) is 5.56 Å². The SMILES string of the molecule is CC(C)(C)c1ccc(O)c(CN)c1Cc1ccccn1. The van der Waals surface area contributed by atoms with E-state index in [4.69, 9.17) is 5.73 Å². The second-order valence-electron chi connectivity index (χ2n) is 6.04. The average molecular weight is 270 g/mol. The van der Waals surface area contributed by atoms with Gasteiger partial charge in [-0.2, -0.15) is 0 Å². The standard InChI is InChI=1S/C17H22N2O/c1-17(2,3)15-7-8-16(20)14(11-18)13(15)10-12-6-4-5-9-19-12/h4-9,20H,10-11,18H2,1-3H3. The van der Waals surface area contributed by atoms with Crippen molar-refractivity contribution in [2.45, 2.75) is 39.2 Å². The van der Waals surface area contributed by atoms with Crippen LogP contribution >= 0.6 is 0 Å². The molecule has 0 bridgehead atoms. The first-order chi connectivity index (χ1) is 9.43. The molecule has 1 aromatic carbocycles. The molecule has 1 aromatic heterocycles. The van der Waals surface area contributed by atoms with Crippen molar-refractivity contribution in [3.05, 3.63) is 58.9 Å². The third-order valence-electron chi connectivity index (χ3n) is 3.50. The van der Waals surface area contributed by atoms with E-state index in [-0.39, 0.29) is 11.2 Å². The normalized spacial score (nSPS) is 11.6. The summed E-state index contributed by atoms with van der Waals surface area (Å²) in [5.41, 5.74) is 9.95. The summed E-state index contributed by atoms with van der Waals surface area (Å²) in [4.78, 5) is 4.38. The van der Waals surface area contributed by atoms with Gasteiger partial charge in [-0.3, -0.25) is 4.98 Å². The lowest BCUT2D eigenvalue weighted by Gasteiger charge is -2.25. The molecule has 3 N–H and O–H groups in total. The minimum absolute atomic E-state index is 0.00172. The summed E-state index contributed by atoms with van der Waals surface area (Å²) >= 11 is 0. The molecule has 0 aliphatic rings. The van der Waals surface area contributed by atoms with Crippen LogP contribution in [0.15, 0.2) is 36.5 Å². The monoisotopic (exact) mass is 270 g/mol. The lowest BCUT2D eigenvalue weighted by atomic mass is 9.80. The van der Waals surface area contributed by atoms with E-state index in [1.54, 1.807) is 12.3 Å². The molecule has 0 saturated heterocycles. The van der Waals surface area contributed by atoms with Gasteiger partial charge in [0.2, 0.25) is 0 Å². The van der Waals surface area contributed by atoms with Gasteiger partial charge in [0.05, 0.1) is 0 Å². The van der Waals surface area contributed by atoms with Crippen molar-refractivity contribution < 1.29 is 5.11 Å². The fourth-order valence-electron chi connectivity index (χ4n) is 2.50. The molecule has 0 aliphatic heterocycles. The number of pyridine rings is 1. The molecule has 0 spiro atoms. The van der Waals surface area contributed by atoms with Crippen molar-refractivity contribution in [1.29, 1.82) is 0 Å². The maximum absolute atomic E-state index is 10.1. The Hall–Kier alpha value is -1.87. The second kappa shape index (κ2) is 5.63. The fourth-order valence-corrected chi connectivity index (χ4v) is 2.50. The summed E-state index contributed by atoms with van der Waals surface area (Å²) in [6.45, 7) is 6.84. The van der Waals surface area contributed by atoms with Crippen LogP contribution in [0.1, 0.15) is 43.2 Å². The quantitative estimate of drug-likeness (QED) is 0.900. The highest BCUT2D eigenvalue weighted by Crippen LogP contribution is 2.33. The molecule has 0 fully saturated rings. The predicted molar refractivity (Wildman–Crippen MR) is 81.7 cm³/mol. The van der Waals surface area contributed by atoms with Gasteiger partial charge >= 0.3 is 0 Å². The minimum atomic E-state index is 0.00172. The van der Waals surface area contributed by atoms with Crippen molar-refractivity contribution in [2.24, 2.45) is 5.73 Å². The van der Waals surface area contributed by atoms with Crippen LogP contribution in [0.2, 0.25) is 0 Å². The highest BCUT2D eigenvalue weighted by molar-refractivity contribution is 5.48. The number of nitrogens with zero attached hydrogens (tertiary/aromatic N) is 1. The number of nitrogens with two attached hydrogens (primary N) is 1. The Morgan fingerprint density at radius 3 is 2.40 bits per heavy atom. The van der Waals surface area contributed by atoms with Crippen LogP contribution in [0.4, 0.5) is 0 Å². The van der Waals surface area contributed by atoms with E-state index in [2.05, 4.69) is 25.8 Å². The number of aromatic nitrogens is 1. The highest BCUT2D eigenvalue weighted by Gasteiger charge is 2.21. The largest absolute Gasteiger partial charge is 0.508 e. The number of benzene rings is 1. The molecule has 0 amide bonds. The Kier molecular flexibility index (Phi) is 4.09. The molecular formula is C17H22N2O. The molecule has 0 saturated carbocycles. The molecule has 0 unspecified atom stereocenters. The highest BCUT2D eigenvalue weighted by atomic mass is 16.3. The minimum Gasteiger partial charge on any atom is -0.508 e. The molecule has 0 atom stereocenters. The summed E-state index contributed by atoms with van der Waals surface area (Å²) in [6.07, 6.45) is 2.48. The average Bonchev–Trinajstić information content (AvgIpc) is 2.39. The zero-order valence-electron chi connectivity index (χ0n) is 12.4. The number of hydrogen-bond donors (Lipinski definition) is 2. The first-order valence-electron chi connectivity index (χ1n) is 6.87. The van der Waals surface area contributed by atoms with E-state index < -0.39 is 0 Å². The van der Waals surface area contributed by atoms with Crippen LogP contribution < -0.4 is 5.73 Å². The van der Waals surface area contributed by atoms with Crippen LogP contribution in [0.5, 0.6) is 5.75 Å². The summed E-state index contributed by atoms with van der Waals surface area (Å²) < 4.78 is 0. The Morgan fingerprint density at radius 1 is 1.10 bits per heavy atom. The lowest BCUT2D eigenvalue weighted by molar-refractivity contribution is 0.465. The summed E-state index contributed by atoms with van der Waals surface area (Å²) in [5.74, 6) is 0.270.